The van der Waals surface area contributed by atoms with Gasteiger partial charge in [0.15, 0.2) is 0 Å². The maximum absolute atomic E-state index is 12.4. The van der Waals surface area contributed by atoms with Gasteiger partial charge < -0.3 is 20.1 Å². The third kappa shape index (κ3) is 3.42. The summed E-state index contributed by atoms with van der Waals surface area (Å²) in [5.41, 5.74) is 3.14. The van der Waals surface area contributed by atoms with E-state index in [1.165, 1.54) is 0 Å². The van der Waals surface area contributed by atoms with Crippen LogP contribution in [0.15, 0.2) is 0 Å². The van der Waals surface area contributed by atoms with Crippen LogP contribution in [0.2, 0.25) is 0 Å². The highest BCUT2D eigenvalue weighted by Gasteiger charge is 2.35. The number of aryl methyl sites for hydroxylation is 2. The summed E-state index contributed by atoms with van der Waals surface area (Å²) >= 11 is 0. The number of ether oxygens (including phenoxy) is 2. The van der Waals surface area contributed by atoms with Crippen molar-refractivity contribution in [3.8, 4) is 0 Å². The maximum atomic E-state index is 12.4. The molecule has 4 atom stereocenters. The molecular weight excluding hydrogens is 308 g/mol. The van der Waals surface area contributed by atoms with E-state index in [0.29, 0.717) is 12.5 Å². The van der Waals surface area contributed by atoms with E-state index in [-0.39, 0.29) is 24.2 Å². The van der Waals surface area contributed by atoms with Gasteiger partial charge in [0.2, 0.25) is 0 Å². The summed E-state index contributed by atoms with van der Waals surface area (Å²) in [7, 11) is 1.93. The molecule has 0 saturated carbocycles. The Labute approximate surface area is 143 Å². The Hall–Kier alpha value is -1.60. The zero-order chi connectivity index (χ0) is 17.3. The smallest absolute Gasteiger partial charge is 0.315 e. The number of carbonyl (C=O) groups is 1. The average molecular weight is 336 g/mol. The zero-order valence-corrected chi connectivity index (χ0v) is 15.0. The normalized spacial score (nSPS) is 28.1. The van der Waals surface area contributed by atoms with Crippen molar-refractivity contribution in [2.24, 2.45) is 13.0 Å². The van der Waals surface area contributed by atoms with Crippen LogP contribution in [0.3, 0.4) is 0 Å². The molecule has 1 aromatic rings. The molecule has 2 amide bonds. The molecule has 0 unspecified atom stereocenters. The van der Waals surface area contributed by atoms with Gasteiger partial charge in [0.25, 0.3) is 0 Å². The van der Waals surface area contributed by atoms with Gasteiger partial charge in [-0.05, 0) is 33.6 Å². The van der Waals surface area contributed by atoms with Gasteiger partial charge in [0.1, 0.15) is 6.10 Å². The summed E-state index contributed by atoms with van der Waals surface area (Å²) in [6.07, 6.45) is 1.69. The molecule has 2 aliphatic heterocycles. The minimum atomic E-state index is -0.130. The lowest BCUT2D eigenvalue weighted by Crippen LogP contribution is -2.48. The van der Waals surface area contributed by atoms with Gasteiger partial charge >= 0.3 is 6.03 Å². The first kappa shape index (κ1) is 17.2. The Morgan fingerprint density at radius 2 is 2.12 bits per heavy atom. The topological polar surface area (TPSA) is 77.4 Å². The number of hydrogen-bond donors (Lipinski definition) is 2. The fraction of sp³-hybridized carbons (Fsp3) is 0.765. The second kappa shape index (κ2) is 7.11. The lowest BCUT2D eigenvalue weighted by molar-refractivity contribution is 0.0986. The Kier molecular flexibility index (Phi) is 5.10. The van der Waals surface area contributed by atoms with Crippen molar-refractivity contribution < 1.29 is 14.3 Å². The van der Waals surface area contributed by atoms with E-state index >= 15 is 0 Å². The van der Waals surface area contributed by atoms with Crippen molar-refractivity contribution in [2.75, 3.05) is 19.8 Å². The third-order valence-corrected chi connectivity index (χ3v) is 5.29. The molecule has 2 fully saturated rings. The van der Waals surface area contributed by atoms with Crippen molar-refractivity contribution in [1.29, 1.82) is 0 Å². The minimum absolute atomic E-state index is 0.0290. The van der Waals surface area contributed by atoms with Crippen LogP contribution in [-0.4, -0.2) is 47.7 Å². The summed E-state index contributed by atoms with van der Waals surface area (Å²) < 4.78 is 13.2. The molecule has 3 heterocycles. The first-order chi connectivity index (χ1) is 11.5. The van der Waals surface area contributed by atoms with Crippen LogP contribution in [0.4, 0.5) is 4.79 Å². The molecule has 7 nitrogen and oxygen atoms in total. The fourth-order valence-corrected chi connectivity index (χ4v) is 3.71. The number of aromatic nitrogens is 2. The van der Waals surface area contributed by atoms with Crippen LogP contribution in [0.5, 0.6) is 0 Å². The van der Waals surface area contributed by atoms with E-state index in [2.05, 4.69) is 15.7 Å². The van der Waals surface area contributed by atoms with Crippen molar-refractivity contribution in [3.05, 3.63) is 17.0 Å². The Morgan fingerprint density at radius 1 is 1.33 bits per heavy atom. The van der Waals surface area contributed by atoms with Gasteiger partial charge in [-0.25, -0.2) is 4.79 Å². The number of urea groups is 1. The minimum Gasteiger partial charge on any atom is -0.381 e. The molecular formula is C17H28N4O3. The van der Waals surface area contributed by atoms with Gasteiger partial charge in [-0.3, -0.25) is 4.68 Å². The van der Waals surface area contributed by atoms with Crippen LogP contribution in [0.1, 0.15) is 42.8 Å². The highest BCUT2D eigenvalue weighted by Crippen LogP contribution is 2.33. The van der Waals surface area contributed by atoms with Crippen LogP contribution in [-0.2, 0) is 16.5 Å². The number of rotatable bonds is 4. The van der Waals surface area contributed by atoms with Crippen LogP contribution in [0, 0.1) is 19.8 Å². The fourth-order valence-electron chi connectivity index (χ4n) is 3.71. The molecule has 24 heavy (non-hydrogen) atoms. The Bertz CT molecular complexity index is 595. The summed E-state index contributed by atoms with van der Waals surface area (Å²) in [5, 5.41) is 10.6. The molecule has 0 radical (unpaired) electrons. The molecule has 0 bridgehead atoms. The van der Waals surface area contributed by atoms with Gasteiger partial charge in [0.05, 0.1) is 18.3 Å². The molecule has 0 aliphatic carbocycles. The number of carbonyl (C=O) groups excluding carboxylic acids is 1. The van der Waals surface area contributed by atoms with Crippen LogP contribution < -0.4 is 10.6 Å². The summed E-state index contributed by atoms with van der Waals surface area (Å²) in [4.78, 5) is 12.4. The summed E-state index contributed by atoms with van der Waals surface area (Å²) in [5.74, 6) is 0.397. The molecule has 0 spiro atoms. The highest BCUT2D eigenvalue weighted by molar-refractivity contribution is 5.74. The first-order valence-corrected chi connectivity index (χ1v) is 8.74. The predicted octanol–water partition coefficient (Wildman–Crippen LogP) is 1.59. The SMILES string of the molecule is Cc1nn(C)c(C)c1[C@H]1OCC[C@@H]1NC(=O)N[C@H](C)[C@H]1CCOC1. The lowest BCUT2D eigenvalue weighted by Gasteiger charge is -2.24. The largest absolute Gasteiger partial charge is 0.381 e. The van der Waals surface area contributed by atoms with E-state index in [1.54, 1.807) is 0 Å². The molecule has 1 aromatic heterocycles. The average Bonchev–Trinajstić information content (AvgIpc) is 3.23. The van der Waals surface area contributed by atoms with Crippen molar-refractivity contribution >= 4 is 6.03 Å². The summed E-state index contributed by atoms with van der Waals surface area (Å²) in [6.45, 7) is 8.23. The quantitative estimate of drug-likeness (QED) is 0.875. The molecule has 3 rings (SSSR count). The van der Waals surface area contributed by atoms with Crippen LogP contribution >= 0.6 is 0 Å². The number of nitrogens with zero attached hydrogens (tertiary/aromatic N) is 2. The van der Waals surface area contributed by atoms with Gasteiger partial charge in [-0.2, -0.15) is 5.10 Å². The van der Waals surface area contributed by atoms with Gasteiger partial charge in [-0.1, -0.05) is 0 Å². The predicted molar refractivity (Wildman–Crippen MR) is 89.8 cm³/mol. The third-order valence-electron chi connectivity index (χ3n) is 5.29. The van der Waals surface area contributed by atoms with E-state index in [1.807, 2.05) is 32.5 Å². The van der Waals surface area contributed by atoms with Crippen molar-refractivity contribution in [1.82, 2.24) is 20.4 Å². The molecule has 7 heteroatoms. The van der Waals surface area contributed by atoms with E-state index in [4.69, 9.17) is 9.47 Å². The lowest BCUT2D eigenvalue weighted by atomic mass is 10.00. The second-order valence-electron chi connectivity index (χ2n) is 6.92. The molecule has 2 N–H and O–H groups in total. The standard InChI is InChI=1S/C17H28N4O3/c1-10(13-5-7-23-9-13)18-17(22)19-14-6-8-24-16(14)15-11(2)20-21(4)12(15)3/h10,13-14,16H,5-9H2,1-4H3,(H2,18,19,22)/t10-,13+,14+,16+/m1/s1. The molecule has 2 aliphatic rings. The van der Waals surface area contributed by atoms with E-state index < -0.39 is 0 Å². The monoisotopic (exact) mass is 336 g/mol. The molecule has 134 valence electrons. The highest BCUT2D eigenvalue weighted by atomic mass is 16.5. The first-order valence-electron chi connectivity index (χ1n) is 8.74. The van der Waals surface area contributed by atoms with Crippen LogP contribution in [0.25, 0.3) is 0 Å². The molecule has 2 saturated heterocycles. The number of hydrogen-bond acceptors (Lipinski definition) is 4. The maximum Gasteiger partial charge on any atom is 0.315 e. The Morgan fingerprint density at radius 3 is 2.75 bits per heavy atom. The number of nitrogens with one attached hydrogen (secondary N) is 2. The summed E-state index contributed by atoms with van der Waals surface area (Å²) in [6, 6.07) is -0.0529. The van der Waals surface area contributed by atoms with Crippen molar-refractivity contribution in [3.63, 3.8) is 0 Å². The van der Waals surface area contributed by atoms with E-state index in [0.717, 1.165) is 43.0 Å². The molecule has 0 aromatic carbocycles. The second-order valence-corrected chi connectivity index (χ2v) is 6.92. The van der Waals surface area contributed by atoms with Gasteiger partial charge in [-0.15, -0.1) is 0 Å². The Balaban J connectivity index is 1.62. The van der Waals surface area contributed by atoms with Gasteiger partial charge in [0, 0.05) is 43.5 Å². The zero-order valence-electron chi connectivity index (χ0n) is 15.0. The van der Waals surface area contributed by atoms with E-state index in [9.17, 15) is 4.79 Å². The number of amides is 2. The van der Waals surface area contributed by atoms with Crippen molar-refractivity contribution in [2.45, 2.75) is 51.8 Å².